The van der Waals surface area contributed by atoms with Crippen molar-refractivity contribution in [1.29, 1.82) is 0 Å². The molecule has 1 aliphatic heterocycles. The SMILES string of the molecule is COCCCOc1cc(C(=O)N(C(C)C)C(Cc2ccc3ccccc3c2)[C@@H]2CN(N)C[C@H]2F)ccc1OC. The zero-order chi connectivity index (χ0) is 27.9. The lowest BCUT2D eigenvalue weighted by Gasteiger charge is -2.39. The van der Waals surface area contributed by atoms with Crippen molar-refractivity contribution >= 4 is 16.7 Å². The predicted molar refractivity (Wildman–Crippen MR) is 152 cm³/mol. The largest absolute Gasteiger partial charge is 0.493 e. The van der Waals surface area contributed by atoms with Gasteiger partial charge < -0.3 is 19.1 Å². The fourth-order valence-corrected chi connectivity index (χ4v) is 5.47. The summed E-state index contributed by atoms with van der Waals surface area (Å²) in [5, 5.41) is 3.78. The van der Waals surface area contributed by atoms with Crippen LogP contribution in [-0.2, 0) is 11.2 Å². The summed E-state index contributed by atoms with van der Waals surface area (Å²) in [5.74, 6) is 6.50. The number of benzene rings is 3. The van der Waals surface area contributed by atoms with Gasteiger partial charge in [-0.3, -0.25) is 10.6 Å². The lowest BCUT2D eigenvalue weighted by Crippen LogP contribution is -2.51. The molecule has 3 aromatic carbocycles. The minimum absolute atomic E-state index is 0.154. The maximum Gasteiger partial charge on any atom is 0.254 e. The second-order valence-electron chi connectivity index (χ2n) is 10.5. The summed E-state index contributed by atoms with van der Waals surface area (Å²) in [6.07, 6.45) is 0.0911. The Morgan fingerprint density at radius 3 is 2.46 bits per heavy atom. The van der Waals surface area contributed by atoms with Gasteiger partial charge in [0.2, 0.25) is 0 Å². The number of alkyl halides is 1. The van der Waals surface area contributed by atoms with Gasteiger partial charge in [0.15, 0.2) is 11.5 Å². The number of ether oxygens (including phenoxy) is 3. The molecule has 1 fully saturated rings. The van der Waals surface area contributed by atoms with Crippen LogP contribution >= 0.6 is 0 Å². The van der Waals surface area contributed by atoms with Crippen molar-refractivity contribution in [2.24, 2.45) is 11.8 Å². The van der Waals surface area contributed by atoms with E-state index >= 15 is 4.39 Å². The van der Waals surface area contributed by atoms with Gasteiger partial charge in [-0.25, -0.2) is 9.40 Å². The molecule has 0 aromatic heterocycles. The molecule has 1 amide bonds. The van der Waals surface area contributed by atoms with Gasteiger partial charge in [-0.1, -0.05) is 42.5 Å². The van der Waals surface area contributed by atoms with E-state index in [-0.39, 0.29) is 18.5 Å². The number of hydrazine groups is 1. The Bertz CT molecular complexity index is 1250. The number of nitrogens with zero attached hydrogens (tertiary/aromatic N) is 2. The molecule has 2 N–H and O–H groups in total. The van der Waals surface area contributed by atoms with Crippen molar-refractivity contribution in [3.8, 4) is 11.5 Å². The molecule has 0 spiro atoms. The minimum atomic E-state index is -1.13. The third-order valence-corrected chi connectivity index (χ3v) is 7.38. The third-order valence-electron chi connectivity index (χ3n) is 7.38. The van der Waals surface area contributed by atoms with Gasteiger partial charge in [0.05, 0.1) is 13.7 Å². The van der Waals surface area contributed by atoms with Gasteiger partial charge in [0.1, 0.15) is 6.17 Å². The second-order valence-corrected chi connectivity index (χ2v) is 10.5. The quantitative estimate of drug-likeness (QED) is 0.262. The predicted octanol–water partition coefficient (Wildman–Crippen LogP) is 4.87. The number of rotatable bonds is 12. The molecule has 3 atom stereocenters. The Hall–Kier alpha value is -3.20. The molecular formula is C31H40FN3O4. The topological polar surface area (TPSA) is 77.3 Å². The van der Waals surface area contributed by atoms with Crippen molar-refractivity contribution in [1.82, 2.24) is 9.91 Å². The Balaban J connectivity index is 1.68. The first-order chi connectivity index (χ1) is 18.8. The Morgan fingerprint density at radius 2 is 1.79 bits per heavy atom. The molecule has 1 unspecified atom stereocenters. The number of amides is 1. The number of halogens is 1. The summed E-state index contributed by atoms with van der Waals surface area (Å²) in [7, 11) is 3.21. The third kappa shape index (κ3) is 6.87. The van der Waals surface area contributed by atoms with Gasteiger partial charge in [0.25, 0.3) is 5.91 Å². The fraction of sp³-hybridized carbons (Fsp3) is 0.452. The highest BCUT2D eigenvalue weighted by Gasteiger charge is 2.42. The van der Waals surface area contributed by atoms with E-state index in [1.807, 2.05) is 30.9 Å². The highest BCUT2D eigenvalue weighted by atomic mass is 19.1. The normalized spacial score (nSPS) is 18.4. The molecule has 4 rings (SSSR count). The highest BCUT2D eigenvalue weighted by molar-refractivity contribution is 5.95. The van der Waals surface area contributed by atoms with Crippen LogP contribution < -0.4 is 15.3 Å². The number of methoxy groups -OCH3 is 2. The van der Waals surface area contributed by atoms with Crippen LogP contribution in [0.1, 0.15) is 36.2 Å². The molecule has 210 valence electrons. The molecule has 1 saturated heterocycles. The lowest BCUT2D eigenvalue weighted by molar-refractivity contribution is 0.0464. The van der Waals surface area contributed by atoms with E-state index in [9.17, 15) is 4.79 Å². The average Bonchev–Trinajstić information content (AvgIpc) is 3.27. The van der Waals surface area contributed by atoms with E-state index in [0.29, 0.717) is 49.7 Å². The number of fused-ring (bicyclic) bond motifs is 1. The van der Waals surface area contributed by atoms with Crippen molar-refractivity contribution in [2.45, 2.75) is 44.9 Å². The van der Waals surface area contributed by atoms with Crippen LogP contribution in [0.2, 0.25) is 0 Å². The molecular weight excluding hydrogens is 497 g/mol. The maximum atomic E-state index is 15.4. The van der Waals surface area contributed by atoms with Crippen molar-refractivity contribution in [3.63, 3.8) is 0 Å². The van der Waals surface area contributed by atoms with Crippen molar-refractivity contribution < 1.29 is 23.4 Å². The Morgan fingerprint density at radius 1 is 1.03 bits per heavy atom. The van der Waals surface area contributed by atoms with E-state index < -0.39 is 18.1 Å². The zero-order valence-corrected chi connectivity index (χ0v) is 23.3. The maximum absolute atomic E-state index is 15.4. The smallest absolute Gasteiger partial charge is 0.254 e. The number of hydrogen-bond donors (Lipinski definition) is 1. The van der Waals surface area contributed by atoms with Crippen molar-refractivity contribution in [2.75, 3.05) is 40.5 Å². The van der Waals surface area contributed by atoms with Gasteiger partial charge >= 0.3 is 0 Å². The zero-order valence-electron chi connectivity index (χ0n) is 23.3. The highest BCUT2D eigenvalue weighted by Crippen LogP contribution is 2.33. The summed E-state index contributed by atoms with van der Waals surface area (Å²) in [6, 6.07) is 19.1. The van der Waals surface area contributed by atoms with E-state index in [4.69, 9.17) is 20.1 Å². The summed E-state index contributed by atoms with van der Waals surface area (Å²) in [4.78, 5) is 16.0. The molecule has 1 aliphatic rings. The second kappa shape index (κ2) is 13.2. The number of nitrogens with two attached hydrogens (primary N) is 1. The summed E-state index contributed by atoms with van der Waals surface area (Å²) in [5.41, 5.74) is 1.52. The molecule has 39 heavy (non-hydrogen) atoms. The number of hydrogen-bond acceptors (Lipinski definition) is 6. The van der Waals surface area contributed by atoms with E-state index in [0.717, 1.165) is 16.3 Å². The Labute approximate surface area is 230 Å². The molecule has 7 nitrogen and oxygen atoms in total. The van der Waals surface area contributed by atoms with Crippen LogP contribution in [0.25, 0.3) is 10.8 Å². The van der Waals surface area contributed by atoms with Crippen LogP contribution in [0, 0.1) is 5.92 Å². The number of carbonyl (C=O) groups is 1. The van der Waals surface area contributed by atoms with Crippen LogP contribution in [-0.4, -0.2) is 74.6 Å². The molecule has 1 heterocycles. The van der Waals surface area contributed by atoms with E-state index in [1.165, 1.54) is 5.01 Å². The first kappa shape index (κ1) is 28.8. The first-order valence-electron chi connectivity index (χ1n) is 13.6. The van der Waals surface area contributed by atoms with Gasteiger partial charge in [-0.2, -0.15) is 0 Å². The van der Waals surface area contributed by atoms with E-state index in [1.54, 1.807) is 32.4 Å². The molecule has 8 heteroatoms. The molecule has 0 radical (unpaired) electrons. The number of carbonyl (C=O) groups excluding carboxylic acids is 1. The molecule has 0 saturated carbocycles. The van der Waals surface area contributed by atoms with Crippen LogP contribution in [0.3, 0.4) is 0 Å². The molecule has 3 aromatic rings. The lowest BCUT2D eigenvalue weighted by atomic mass is 9.88. The molecule has 0 aliphatic carbocycles. The fourth-order valence-electron chi connectivity index (χ4n) is 5.47. The van der Waals surface area contributed by atoms with Crippen LogP contribution in [0.4, 0.5) is 4.39 Å². The monoisotopic (exact) mass is 537 g/mol. The standard InChI is InChI=1S/C31H40FN3O4/c1-21(2)35(31(36)25-12-13-29(38-4)30(18-25)39-15-7-14-37-3)28(26-19-34(33)20-27(26)32)17-22-10-11-23-8-5-6-9-24(23)16-22/h5-6,8-13,16,18,21,26-28H,7,14-15,17,19-20,33H2,1-4H3/t26-,27-,28?/m1/s1. The summed E-state index contributed by atoms with van der Waals surface area (Å²) >= 11 is 0. The van der Waals surface area contributed by atoms with Crippen LogP contribution in [0.15, 0.2) is 60.7 Å². The molecule has 0 bridgehead atoms. The Kier molecular flexibility index (Phi) is 9.78. The summed E-state index contributed by atoms with van der Waals surface area (Å²) in [6.45, 7) is 5.48. The van der Waals surface area contributed by atoms with Gasteiger partial charge in [0, 0.05) is 56.8 Å². The van der Waals surface area contributed by atoms with Gasteiger partial charge in [-0.15, -0.1) is 0 Å². The minimum Gasteiger partial charge on any atom is -0.493 e. The first-order valence-corrected chi connectivity index (χ1v) is 13.6. The van der Waals surface area contributed by atoms with Crippen LogP contribution in [0.5, 0.6) is 11.5 Å². The average molecular weight is 538 g/mol. The summed E-state index contributed by atoms with van der Waals surface area (Å²) < 4.78 is 31.9. The van der Waals surface area contributed by atoms with Gasteiger partial charge in [-0.05, 0) is 54.8 Å². The van der Waals surface area contributed by atoms with E-state index in [2.05, 4.69) is 30.3 Å². The van der Waals surface area contributed by atoms with Crippen molar-refractivity contribution in [3.05, 3.63) is 71.8 Å².